The fourth-order valence-corrected chi connectivity index (χ4v) is 5.84. The molecule has 0 atom stereocenters. The summed E-state index contributed by atoms with van der Waals surface area (Å²) in [6.45, 7) is 6.96. The smallest absolute Gasteiger partial charge is 0.0326 e. The van der Waals surface area contributed by atoms with Crippen molar-refractivity contribution < 1.29 is 0 Å². The third-order valence-electron chi connectivity index (χ3n) is 4.73. The standard InChI is InChI=1S/C21H45P/c1-4-7-10-13-16-19-22(20-17-14-11-8-5-2)21-18-15-12-9-6-3/h4-21H2,1-3H3. The maximum atomic E-state index is 2.32. The maximum absolute atomic E-state index is 2.32. The van der Waals surface area contributed by atoms with E-state index in [0.29, 0.717) is 7.92 Å². The van der Waals surface area contributed by atoms with Crippen LogP contribution in [0.3, 0.4) is 0 Å². The van der Waals surface area contributed by atoms with E-state index in [-0.39, 0.29) is 0 Å². The second-order valence-corrected chi connectivity index (χ2v) is 9.77. The molecule has 0 radical (unpaired) electrons. The predicted octanol–water partition coefficient (Wildman–Crippen LogP) is 8.38. The van der Waals surface area contributed by atoms with Gasteiger partial charge in [-0.05, 0) is 37.7 Å². The molecule has 0 rings (SSSR count). The topological polar surface area (TPSA) is 0 Å². The van der Waals surface area contributed by atoms with Gasteiger partial charge in [-0.2, -0.15) is 0 Å². The molecular weight excluding hydrogens is 283 g/mol. The Morgan fingerprint density at radius 3 is 0.909 bits per heavy atom. The first-order chi connectivity index (χ1) is 10.8. The van der Waals surface area contributed by atoms with E-state index in [9.17, 15) is 0 Å². The molecule has 0 aliphatic heterocycles. The van der Waals surface area contributed by atoms with Gasteiger partial charge in [-0.3, -0.25) is 0 Å². The van der Waals surface area contributed by atoms with Gasteiger partial charge in [-0.1, -0.05) is 97.8 Å². The average Bonchev–Trinajstić information content (AvgIpc) is 2.53. The Morgan fingerprint density at radius 2 is 0.636 bits per heavy atom. The molecule has 0 nitrogen and oxygen atoms in total. The number of hydrogen-bond acceptors (Lipinski definition) is 0. The molecule has 0 aromatic heterocycles. The van der Waals surface area contributed by atoms with Crippen molar-refractivity contribution in [3.8, 4) is 0 Å². The molecule has 0 spiro atoms. The van der Waals surface area contributed by atoms with Crippen molar-refractivity contribution in [2.45, 2.75) is 117 Å². The summed E-state index contributed by atoms with van der Waals surface area (Å²) in [6.07, 6.45) is 26.7. The Labute approximate surface area is 144 Å². The zero-order valence-electron chi connectivity index (χ0n) is 16.2. The van der Waals surface area contributed by atoms with Gasteiger partial charge in [0.1, 0.15) is 0 Å². The van der Waals surface area contributed by atoms with Crippen LogP contribution in [-0.4, -0.2) is 18.5 Å². The van der Waals surface area contributed by atoms with E-state index < -0.39 is 0 Å². The first-order valence-electron chi connectivity index (χ1n) is 10.6. The molecule has 0 unspecified atom stereocenters. The Morgan fingerprint density at radius 1 is 0.364 bits per heavy atom. The first kappa shape index (κ1) is 22.4. The van der Waals surface area contributed by atoms with Crippen molar-refractivity contribution >= 4 is 7.92 Å². The van der Waals surface area contributed by atoms with Gasteiger partial charge in [0.15, 0.2) is 0 Å². The molecule has 134 valence electrons. The van der Waals surface area contributed by atoms with Crippen LogP contribution >= 0.6 is 7.92 Å². The van der Waals surface area contributed by atoms with Crippen LogP contribution in [0.25, 0.3) is 0 Å². The summed E-state index contributed by atoms with van der Waals surface area (Å²) in [5, 5.41) is 0. The molecule has 0 fully saturated rings. The SMILES string of the molecule is CCCCCCCP(CCCCCCC)CCCCCCC. The van der Waals surface area contributed by atoms with Gasteiger partial charge in [-0.15, -0.1) is 7.92 Å². The van der Waals surface area contributed by atoms with Crippen LogP contribution in [0, 0.1) is 0 Å². The van der Waals surface area contributed by atoms with Crippen LogP contribution in [0.4, 0.5) is 0 Å². The monoisotopic (exact) mass is 328 g/mol. The predicted molar refractivity (Wildman–Crippen MR) is 108 cm³/mol. The number of rotatable bonds is 18. The Balaban J connectivity index is 3.72. The van der Waals surface area contributed by atoms with Crippen LogP contribution in [0.15, 0.2) is 0 Å². The summed E-state index contributed by atoms with van der Waals surface area (Å²) in [6, 6.07) is 0. The van der Waals surface area contributed by atoms with Gasteiger partial charge in [0.05, 0.1) is 0 Å². The lowest BCUT2D eigenvalue weighted by Gasteiger charge is -2.18. The lowest BCUT2D eigenvalue weighted by molar-refractivity contribution is 0.646. The summed E-state index contributed by atoms with van der Waals surface area (Å²) in [5.41, 5.74) is 0. The van der Waals surface area contributed by atoms with Crippen LogP contribution < -0.4 is 0 Å². The summed E-state index contributed by atoms with van der Waals surface area (Å²) in [4.78, 5) is 0. The van der Waals surface area contributed by atoms with Crippen molar-refractivity contribution in [3.63, 3.8) is 0 Å². The van der Waals surface area contributed by atoms with E-state index in [4.69, 9.17) is 0 Å². The van der Waals surface area contributed by atoms with Gasteiger partial charge in [-0.25, -0.2) is 0 Å². The van der Waals surface area contributed by atoms with Crippen LogP contribution in [0.1, 0.15) is 117 Å². The zero-order valence-corrected chi connectivity index (χ0v) is 17.1. The lowest BCUT2D eigenvalue weighted by atomic mass is 10.2. The molecule has 0 aliphatic rings. The van der Waals surface area contributed by atoms with E-state index in [1.807, 2.05) is 0 Å². The Bertz CT molecular complexity index is 157. The van der Waals surface area contributed by atoms with Gasteiger partial charge < -0.3 is 0 Å². The van der Waals surface area contributed by atoms with E-state index in [0.717, 1.165) is 0 Å². The number of unbranched alkanes of at least 4 members (excludes halogenated alkanes) is 12. The minimum atomic E-state index is 0.377. The molecule has 22 heavy (non-hydrogen) atoms. The maximum Gasteiger partial charge on any atom is -0.0326 e. The van der Waals surface area contributed by atoms with Gasteiger partial charge in [0.25, 0.3) is 0 Å². The van der Waals surface area contributed by atoms with Crippen molar-refractivity contribution in [3.05, 3.63) is 0 Å². The molecular formula is C21H45P. The third kappa shape index (κ3) is 16.8. The second-order valence-electron chi connectivity index (χ2n) is 7.08. The molecule has 0 heterocycles. The van der Waals surface area contributed by atoms with Crippen molar-refractivity contribution in [2.75, 3.05) is 18.5 Å². The molecule has 0 saturated heterocycles. The minimum Gasteiger partial charge on any atom is -0.107 e. The molecule has 0 bridgehead atoms. The van der Waals surface area contributed by atoms with E-state index >= 15 is 0 Å². The van der Waals surface area contributed by atoms with Gasteiger partial charge in [0, 0.05) is 0 Å². The summed E-state index contributed by atoms with van der Waals surface area (Å²) >= 11 is 0. The first-order valence-corrected chi connectivity index (χ1v) is 12.5. The molecule has 1 heteroatoms. The zero-order chi connectivity index (χ0) is 16.3. The highest BCUT2D eigenvalue weighted by Gasteiger charge is 2.07. The van der Waals surface area contributed by atoms with E-state index in [2.05, 4.69) is 20.8 Å². The molecule has 0 aromatic carbocycles. The van der Waals surface area contributed by atoms with Gasteiger partial charge >= 0.3 is 0 Å². The minimum absolute atomic E-state index is 0.377. The lowest BCUT2D eigenvalue weighted by Crippen LogP contribution is -1.97. The van der Waals surface area contributed by atoms with Crippen molar-refractivity contribution in [1.29, 1.82) is 0 Å². The van der Waals surface area contributed by atoms with Crippen LogP contribution in [-0.2, 0) is 0 Å². The normalized spacial score (nSPS) is 11.5. The summed E-state index contributed by atoms with van der Waals surface area (Å²) < 4.78 is 0. The van der Waals surface area contributed by atoms with E-state index in [1.165, 1.54) is 96.3 Å². The van der Waals surface area contributed by atoms with Crippen molar-refractivity contribution in [2.24, 2.45) is 0 Å². The second kappa shape index (κ2) is 19.5. The average molecular weight is 329 g/mol. The fraction of sp³-hybridized carbons (Fsp3) is 1.00. The highest BCUT2D eigenvalue weighted by Crippen LogP contribution is 2.39. The molecule has 0 aliphatic carbocycles. The summed E-state index contributed by atoms with van der Waals surface area (Å²) in [7, 11) is 0.377. The Hall–Kier alpha value is 0.430. The largest absolute Gasteiger partial charge is 0.107 e. The highest BCUT2D eigenvalue weighted by atomic mass is 31.1. The molecule has 0 amide bonds. The van der Waals surface area contributed by atoms with Crippen LogP contribution in [0.5, 0.6) is 0 Å². The van der Waals surface area contributed by atoms with Gasteiger partial charge in [0.2, 0.25) is 0 Å². The highest BCUT2D eigenvalue weighted by molar-refractivity contribution is 7.57. The third-order valence-corrected chi connectivity index (χ3v) is 7.58. The fourth-order valence-electron chi connectivity index (χ4n) is 3.15. The van der Waals surface area contributed by atoms with Crippen LogP contribution in [0.2, 0.25) is 0 Å². The quantitative estimate of drug-likeness (QED) is 0.175. The summed E-state index contributed by atoms with van der Waals surface area (Å²) in [5.74, 6) is 0. The number of hydrogen-bond donors (Lipinski definition) is 0. The van der Waals surface area contributed by atoms with E-state index in [1.54, 1.807) is 18.5 Å². The van der Waals surface area contributed by atoms with Crippen molar-refractivity contribution in [1.82, 2.24) is 0 Å². The molecule has 0 N–H and O–H groups in total. The Kier molecular flexibility index (Phi) is 19.9. The molecule has 0 saturated carbocycles. The molecule has 0 aromatic rings.